The average Bonchev–Trinajstić information content (AvgIpc) is 2.56. The standard InChI is InChI=1S/C13H18N6O3S3.Zn/c1-8(16-18-12(23)14-3)9(2)17-19-13(24)15-10-4-6-11(7-5-10)25(20,21)22;/h4-7H,1-3H3,(H2,14,18,23)(H2,15,19,24)(H,20,21,22);/q;+2/p-3/b16-8+,17-9+;. The van der Waals surface area contributed by atoms with Crippen LogP contribution in [0.1, 0.15) is 13.8 Å². The zero-order valence-electron chi connectivity index (χ0n) is 14.3. The summed E-state index contributed by atoms with van der Waals surface area (Å²) >= 11 is 9.85. The average molecular weight is 465 g/mol. The number of anilines is 1. The minimum atomic E-state index is -4.48. The second-order valence-corrected chi connectivity index (χ2v) is 6.69. The molecule has 0 bridgehead atoms. The molecule has 0 aromatic heterocycles. The van der Waals surface area contributed by atoms with Gasteiger partial charge in [0, 0.05) is 17.9 Å². The zero-order valence-corrected chi connectivity index (χ0v) is 19.7. The van der Waals surface area contributed by atoms with Crippen molar-refractivity contribution in [2.45, 2.75) is 18.7 Å². The van der Waals surface area contributed by atoms with Crippen LogP contribution in [-0.2, 0) is 54.9 Å². The van der Waals surface area contributed by atoms with Crippen molar-refractivity contribution in [3.63, 3.8) is 0 Å². The molecule has 0 fully saturated rings. The van der Waals surface area contributed by atoms with Crippen LogP contribution in [0, 0.1) is 0 Å². The number of hydrogen-bond donors (Lipinski definition) is 2. The largest absolute Gasteiger partial charge is 2.00 e. The molecular formula is C13H15N6O3S3Zn-. The summed E-state index contributed by atoms with van der Waals surface area (Å²) < 4.78 is 32.6. The minimum absolute atomic E-state index is 0. The first-order valence-electron chi connectivity index (χ1n) is 6.73. The van der Waals surface area contributed by atoms with E-state index in [-0.39, 0.29) is 34.7 Å². The molecule has 0 aliphatic heterocycles. The Balaban J connectivity index is 0.00000625. The Morgan fingerprint density at radius 1 is 0.962 bits per heavy atom. The monoisotopic (exact) mass is 463 g/mol. The number of nitrogens with zero attached hydrogens (tertiary/aromatic N) is 4. The van der Waals surface area contributed by atoms with E-state index in [2.05, 4.69) is 31.0 Å². The Bertz CT molecular complexity index is 835. The number of hydrogen-bond acceptors (Lipinski definition) is 9. The summed E-state index contributed by atoms with van der Waals surface area (Å²) in [6, 6.07) is 5.14. The molecule has 0 saturated carbocycles. The topological polar surface area (TPSA) is 131 Å². The van der Waals surface area contributed by atoms with Crippen LogP contribution in [0.3, 0.4) is 0 Å². The van der Waals surface area contributed by atoms with E-state index in [0.717, 1.165) is 0 Å². The van der Waals surface area contributed by atoms with Gasteiger partial charge >= 0.3 is 19.5 Å². The number of nitrogens with one attached hydrogen (secondary N) is 2. The quantitative estimate of drug-likeness (QED) is 0.164. The van der Waals surface area contributed by atoms with Crippen LogP contribution in [-0.4, -0.2) is 41.8 Å². The third-order valence-electron chi connectivity index (χ3n) is 2.71. The fourth-order valence-corrected chi connectivity index (χ4v) is 1.96. The van der Waals surface area contributed by atoms with Gasteiger partial charge in [-0.1, -0.05) is 0 Å². The zero-order chi connectivity index (χ0) is 19.0. The molecule has 0 unspecified atom stereocenters. The third-order valence-corrected chi connectivity index (χ3v) is 4.03. The predicted octanol–water partition coefficient (Wildman–Crippen LogP) is 0.777. The van der Waals surface area contributed by atoms with E-state index in [1.54, 1.807) is 20.9 Å². The van der Waals surface area contributed by atoms with Gasteiger partial charge < -0.3 is 40.4 Å². The molecule has 1 aromatic carbocycles. The van der Waals surface area contributed by atoms with E-state index in [1.807, 2.05) is 0 Å². The predicted molar refractivity (Wildman–Crippen MR) is 103 cm³/mol. The fraction of sp³-hybridized carbons (Fsp3) is 0.231. The second kappa shape index (κ2) is 11.2. The van der Waals surface area contributed by atoms with Crippen molar-refractivity contribution in [3.05, 3.63) is 24.3 Å². The van der Waals surface area contributed by atoms with E-state index in [9.17, 15) is 13.0 Å². The summed E-state index contributed by atoms with van der Waals surface area (Å²) in [7, 11) is -2.85. The van der Waals surface area contributed by atoms with Gasteiger partial charge in [0.25, 0.3) is 0 Å². The van der Waals surface area contributed by atoms with Crippen LogP contribution in [0.25, 0.3) is 0 Å². The van der Waals surface area contributed by atoms with Crippen molar-refractivity contribution in [2.75, 3.05) is 12.4 Å². The van der Waals surface area contributed by atoms with Gasteiger partial charge in [-0.3, -0.25) is 0 Å². The maximum atomic E-state index is 10.9. The summed E-state index contributed by atoms with van der Waals surface area (Å²) in [6.07, 6.45) is 0. The number of benzene rings is 1. The van der Waals surface area contributed by atoms with Crippen LogP contribution < -0.4 is 10.6 Å². The Hall–Kier alpha value is -1.53. The SMILES string of the molecule is CN/C([S-])=N/N=C(C)/C(C)=N/N=C(\[S-])Nc1ccc(S(=O)(=O)[O-])cc1.[Zn+2]. The van der Waals surface area contributed by atoms with Gasteiger partial charge in [0.2, 0.25) is 0 Å². The maximum Gasteiger partial charge on any atom is 2.00 e. The molecule has 0 amide bonds. The van der Waals surface area contributed by atoms with Crippen molar-refractivity contribution < 1.29 is 32.4 Å². The van der Waals surface area contributed by atoms with Crippen LogP contribution in [0.15, 0.2) is 49.6 Å². The summed E-state index contributed by atoms with van der Waals surface area (Å²) in [5.74, 6) is 0. The molecule has 0 saturated heterocycles. The molecule has 0 aliphatic rings. The molecule has 0 radical (unpaired) electrons. The first-order chi connectivity index (χ1) is 11.6. The Labute approximate surface area is 175 Å². The van der Waals surface area contributed by atoms with Crippen LogP contribution in [0.5, 0.6) is 0 Å². The van der Waals surface area contributed by atoms with Crippen LogP contribution in [0.4, 0.5) is 5.69 Å². The molecule has 1 aromatic rings. The van der Waals surface area contributed by atoms with Gasteiger partial charge in [0.1, 0.15) is 10.1 Å². The first kappa shape index (κ1) is 24.5. The Morgan fingerprint density at radius 3 is 1.85 bits per heavy atom. The molecule has 9 nitrogen and oxygen atoms in total. The molecule has 26 heavy (non-hydrogen) atoms. The first-order valence-corrected chi connectivity index (χ1v) is 8.95. The molecular weight excluding hydrogens is 450 g/mol. The van der Waals surface area contributed by atoms with Crippen molar-refractivity contribution in [3.8, 4) is 0 Å². The number of rotatable bonds is 5. The van der Waals surface area contributed by atoms with Gasteiger partial charge in [-0.05, 0) is 43.3 Å². The summed E-state index contributed by atoms with van der Waals surface area (Å²) in [5.41, 5.74) is 1.46. The summed E-state index contributed by atoms with van der Waals surface area (Å²) in [5, 5.41) is 21.1. The van der Waals surface area contributed by atoms with Crippen LogP contribution in [0.2, 0.25) is 0 Å². The van der Waals surface area contributed by atoms with E-state index in [4.69, 9.17) is 25.3 Å². The minimum Gasteiger partial charge on any atom is -0.744 e. The molecule has 0 spiro atoms. The molecule has 0 heterocycles. The van der Waals surface area contributed by atoms with Crippen molar-refractivity contribution in [1.82, 2.24) is 5.32 Å². The second-order valence-electron chi connectivity index (χ2n) is 4.53. The molecule has 0 aliphatic carbocycles. The molecule has 0 atom stereocenters. The van der Waals surface area contributed by atoms with Gasteiger partial charge in [0.15, 0.2) is 0 Å². The van der Waals surface area contributed by atoms with E-state index in [0.29, 0.717) is 17.1 Å². The van der Waals surface area contributed by atoms with E-state index >= 15 is 0 Å². The Morgan fingerprint density at radius 2 is 1.42 bits per heavy atom. The van der Waals surface area contributed by atoms with Crippen molar-refractivity contribution >= 4 is 62.8 Å². The summed E-state index contributed by atoms with van der Waals surface area (Å²) in [6.45, 7) is 3.37. The van der Waals surface area contributed by atoms with Crippen molar-refractivity contribution in [1.29, 1.82) is 0 Å². The Kier molecular flexibility index (Phi) is 10.6. The van der Waals surface area contributed by atoms with Gasteiger partial charge in [-0.25, -0.2) is 8.42 Å². The van der Waals surface area contributed by atoms with Gasteiger partial charge in [-0.2, -0.15) is 20.4 Å². The summed E-state index contributed by atoms with van der Waals surface area (Å²) in [4.78, 5) is -0.329. The third kappa shape index (κ3) is 8.72. The normalized spacial score (nSPS) is 13.8. The fourth-order valence-electron chi connectivity index (χ4n) is 1.29. The maximum absolute atomic E-state index is 10.9. The van der Waals surface area contributed by atoms with E-state index < -0.39 is 10.1 Å². The molecule has 2 N–H and O–H groups in total. The van der Waals surface area contributed by atoms with Crippen LogP contribution >= 0.6 is 0 Å². The molecule has 136 valence electrons. The molecule has 13 heteroatoms. The smallest absolute Gasteiger partial charge is 0.744 e. The number of amidine groups is 2. The van der Waals surface area contributed by atoms with E-state index in [1.165, 1.54) is 24.3 Å². The molecule has 1 rings (SSSR count). The van der Waals surface area contributed by atoms with Gasteiger partial charge in [0.05, 0.1) is 16.3 Å². The van der Waals surface area contributed by atoms with Crippen molar-refractivity contribution in [2.24, 2.45) is 20.4 Å². The van der Waals surface area contributed by atoms with Gasteiger partial charge in [-0.15, -0.1) is 0 Å².